The van der Waals surface area contributed by atoms with Gasteiger partial charge in [0.2, 0.25) is 0 Å². The second-order valence-electron chi connectivity index (χ2n) is 6.31. The molecule has 0 bridgehead atoms. The quantitative estimate of drug-likeness (QED) is 0.695. The van der Waals surface area contributed by atoms with Gasteiger partial charge in [-0.05, 0) is 18.4 Å². The summed E-state index contributed by atoms with van der Waals surface area (Å²) in [6, 6.07) is 1.79. The van der Waals surface area contributed by atoms with Crippen LogP contribution >= 0.6 is 0 Å². The average molecular weight is 311 g/mol. The highest BCUT2D eigenvalue weighted by atomic mass is 16.5. The minimum atomic E-state index is -0.898. The highest BCUT2D eigenvalue weighted by Crippen LogP contribution is 2.15. The van der Waals surface area contributed by atoms with Crippen molar-refractivity contribution >= 4 is 5.91 Å². The van der Waals surface area contributed by atoms with E-state index in [9.17, 15) is 15.0 Å². The average Bonchev–Trinajstić information content (AvgIpc) is 2.80. The summed E-state index contributed by atoms with van der Waals surface area (Å²) >= 11 is 0. The van der Waals surface area contributed by atoms with Crippen LogP contribution in [0.4, 0.5) is 0 Å². The number of nitrogens with zero attached hydrogens (tertiary/aromatic N) is 2. The molecule has 2 rings (SSSR count). The van der Waals surface area contributed by atoms with E-state index in [-0.39, 0.29) is 25.0 Å². The monoisotopic (exact) mass is 311 g/mol. The van der Waals surface area contributed by atoms with Crippen molar-refractivity contribution in [1.82, 2.24) is 15.1 Å². The van der Waals surface area contributed by atoms with Gasteiger partial charge in [0.15, 0.2) is 0 Å². The maximum Gasteiger partial charge on any atom is 0.269 e. The Morgan fingerprint density at radius 2 is 2.23 bits per heavy atom. The third-order valence-corrected chi connectivity index (χ3v) is 3.80. The van der Waals surface area contributed by atoms with Gasteiger partial charge in [-0.3, -0.25) is 9.48 Å². The van der Waals surface area contributed by atoms with E-state index in [1.807, 2.05) is 0 Å². The summed E-state index contributed by atoms with van der Waals surface area (Å²) in [5.74, 6) is -0.0739. The molecule has 1 aliphatic heterocycles. The molecule has 1 saturated heterocycles. The Morgan fingerprint density at radius 1 is 1.50 bits per heavy atom. The lowest BCUT2D eigenvalue weighted by Crippen LogP contribution is -2.48. The second-order valence-corrected chi connectivity index (χ2v) is 6.31. The zero-order chi connectivity index (χ0) is 16.3. The highest BCUT2D eigenvalue weighted by molar-refractivity contribution is 5.92. The number of nitrogens with one attached hydrogen (secondary N) is 1. The number of rotatable bonds is 5. The Bertz CT molecular complexity index is 515. The standard InChI is InChI=1S/C15H25N3O4/c1-9(2)4-11-5-12(18(3)17-11)15(21)16-6-10-7-22-8-13(19)14(10)20/h5,9-10,13-14,19-20H,4,6-8H2,1-3H3,(H,16,21)/t10-,13-,14+/m1/s1. The first-order chi connectivity index (χ1) is 10.4. The lowest BCUT2D eigenvalue weighted by Gasteiger charge is -2.31. The molecule has 0 spiro atoms. The molecule has 1 amide bonds. The van der Waals surface area contributed by atoms with Crippen LogP contribution in [0.5, 0.6) is 0 Å². The Labute approximate surface area is 130 Å². The van der Waals surface area contributed by atoms with Gasteiger partial charge in [-0.1, -0.05) is 13.8 Å². The summed E-state index contributed by atoms with van der Waals surface area (Å²) in [5.41, 5.74) is 1.38. The van der Waals surface area contributed by atoms with E-state index in [4.69, 9.17) is 4.74 Å². The number of aromatic nitrogens is 2. The smallest absolute Gasteiger partial charge is 0.269 e. The minimum absolute atomic E-state index is 0.131. The van der Waals surface area contributed by atoms with Gasteiger partial charge < -0.3 is 20.3 Å². The van der Waals surface area contributed by atoms with Gasteiger partial charge in [0.05, 0.1) is 25.0 Å². The molecule has 1 aliphatic rings. The topological polar surface area (TPSA) is 96.6 Å². The van der Waals surface area contributed by atoms with E-state index in [0.29, 0.717) is 18.2 Å². The van der Waals surface area contributed by atoms with Crippen LogP contribution in [0.15, 0.2) is 6.07 Å². The Morgan fingerprint density at radius 3 is 2.91 bits per heavy atom. The van der Waals surface area contributed by atoms with Crippen molar-refractivity contribution in [3.05, 3.63) is 17.5 Å². The van der Waals surface area contributed by atoms with Crippen LogP contribution < -0.4 is 5.32 Å². The third kappa shape index (κ3) is 4.06. The van der Waals surface area contributed by atoms with Crippen LogP contribution in [0.2, 0.25) is 0 Å². The molecule has 22 heavy (non-hydrogen) atoms. The van der Waals surface area contributed by atoms with Crippen molar-refractivity contribution in [1.29, 1.82) is 0 Å². The zero-order valence-electron chi connectivity index (χ0n) is 13.3. The molecule has 3 atom stereocenters. The fourth-order valence-electron chi connectivity index (χ4n) is 2.60. The first-order valence-corrected chi connectivity index (χ1v) is 7.63. The summed E-state index contributed by atoms with van der Waals surface area (Å²) < 4.78 is 6.76. The molecule has 1 fully saturated rings. The molecule has 7 nitrogen and oxygen atoms in total. The lowest BCUT2D eigenvalue weighted by molar-refractivity contribution is -0.118. The maximum atomic E-state index is 12.2. The number of carbonyl (C=O) groups excluding carboxylic acids is 1. The van der Waals surface area contributed by atoms with Gasteiger partial charge in [-0.25, -0.2) is 0 Å². The SMILES string of the molecule is CC(C)Cc1cc(C(=O)NC[C@@H]2COC[C@@H](O)[C@H]2O)n(C)n1. The molecular weight excluding hydrogens is 286 g/mol. The van der Waals surface area contributed by atoms with Crippen molar-refractivity contribution < 1.29 is 19.7 Å². The molecule has 1 aromatic heterocycles. The van der Waals surface area contributed by atoms with Crippen LogP contribution in [0.1, 0.15) is 30.0 Å². The molecule has 7 heteroatoms. The number of carbonyl (C=O) groups is 1. The minimum Gasteiger partial charge on any atom is -0.390 e. The molecule has 0 saturated carbocycles. The summed E-state index contributed by atoms with van der Waals surface area (Å²) in [5, 5.41) is 26.6. The van der Waals surface area contributed by atoms with Crippen molar-refractivity contribution in [2.24, 2.45) is 18.9 Å². The number of amides is 1. The molecule has 0 unspecified atom stereocenters. The number of ether oxygens (including phenoxy) is 1. The molecule has 2 heterocycles. The van der Waals surface area contributed by atoms with Crippen LogP contribution in [-0.4, -0.2) is 57.9 Å². The number of aryl methyl sites for hydroxylation is 1. The molecule has 0 aromatic carbocycles. The normalized spacial score (nSPS) is 25.5. The second kappa shape index (κ2) is 7.21. The molecule has 1 aromatic rings. The fraction of sp³-hybridized carbons (Fsp3) is 0.733. The van der Waals surface area contributed by atoms with Crippen LogP contribution in [-0.2, 0) is 18.2 Å². The molecular formula is C15H25N3O4. The van der Waals surface area contributed by atoms with Gasteiger partial charge in [0, 0.05) is 19.5 Å². The number of hydrogen-bond acceptors (Lipinski definition) is 5. The zero-order valence-corrected chi connectivity index (χ0v) is 13.3. The largest absolute Gasteiger partial charge is 0.390 e. The molecule has 124 valence electrons. The van der Waals surface area contributed by atoms with Gasteiger partial charge in [-0.2, -0.15) is 5.10 Å². The van der Waals surface area contributed by atoms with E-state index in [1.54, 1.807) is 17.8 Å². The fourth-order valence-corrected chi connectivity index (χ4v) is 2.60. The van der Waals surface area contributed by atoms with Crippen molar-refractivity contribution in [2.45, 2.75) is 32.5 Å². The predicted molar refractivity (Wildman–Crippen MR) is 80.4 cm³/mol. The van der Waals surface area contributed by atoms with E-state index < -0.39 is 12.2 Å². The van der Waals surface area contributed by atoms with Crippen LogP contribution in [0.25, 0.3) is 0 Å². The van der Waals surface area contributed by atoms with Crippen LogP contribution in [0.3, 0.4) is 0 Å². The first-order valence-electron chi connectivity index (χ1n) is 7.63. The van der Waals surface area contributed by atoms with Crippen molar-refractivity contribution in [2.75, 3.05) is 19.8 Å². The Hall–Kier alpha value is -1.44. The van der Waals surface area contributed by atoms with Crippen molar-refractivity contribution in [3.63, 3.8) is 0 Å². The van der Waals surface area contributed by atoms with E-state index in [2.05, 4.69) is 24.3 Å². The van der Waals surface area contributed by atoms with Gasteiger partial charge in [0.1, 0.15) is 11.8 Å². The third-order valence-electron chi connectivity index (χ3n) is 3.80. The molecule has 0 aliphatic carbocycles. The summed E-state index contributed by atoms with van der Waals surface area (Å²) in [4.78, 5) is 12.2. The molecule has 0 radical (unpaired) electrons. The van der Waals surface area contributed by atoms with Crippen molar-refractivity contribution in [3.8, 4) is 0 Å². The maximum absolute atomic E-state index is 12.2. The lowest BCUT2D eigenvalue weighted by atomic mass is 9.96. The van der Waals surface area contributed by atoms with Crippen LogP contribution in [0, 0.1) is 11.8 Å². The number of aliphatic hydroxyl groups is 2. The highest BCUT2D eigenvalue weighted by Gasteiger charge is 2.31. The summed E-state index contributed by atoms with van der Waals surface area (Å²) in [7, 11) is 1.74. The van der Waals surface area contributed by atoms with E-state index >= 15 is 0 Å². The van der Waals surface area contributed by atoms with Gasteiger partial charge >= 0.3 is 0 Å². The van der Waals surface area contributed by atoms with Gasteiger partial charge in [0.25, 0.3) is 5.91 Å². The van der Waals surface area contributed by atoms with E-state index in [0.717, 1.165) is 12.1 Å². The Kier molecular flexibility index (Phi) is 5.55. The molecule has 3 N–H and O–H groups in total. The number of hydrogen-bond donors (Lipinski definition) is 3. The number of aliphatic hydroxyl groups excluding tert-OH is 2. The summed E-state index contributed by atoms with van der Waals surface area (Å²) in [6.07, 6.45) is -0.954. The predicted octanol–water partition coefficient (Wildman–Crippen LogP) is -0.283. The first kappa shape index (κ1) is 16.9. The Balaban J connectivity index is 1.93. The van der Waals surface area contributed by atoms with Gasteiger partial charge in [-0.15, -0.1) is 0 Å². The summed E-state index contributed by atoms with van der Waals surface area (Å²) in [6.45, 7) is 4.91. The van der Waals surface area contributed by atoms with E-state index in [1.165, 1.54) is 0 Å².